The van der Waals surface area contributed by atoms with Crippen molar-refractivity contribution in [1.29, 1.82) is 0 Å². The van der Waals surface area contributed by atoms with Gasteiger partial charge in [0.1, 0.15) is 0 Å². The third-order valence-electron chi connectivity index (χ3n) is 4.75. The van der Waals surface area contributed by atoms with Gasteiger partial charge in [0.05, 0.1) is 6.10 Å². The molecule has 1 aliphatic heterocycles. The Morgan fingerprint density at radius 1 is 1.16 bits per heavy atom. The maximum absolute atomic E-state index is 12.8. The molecular weight excluding hydrogens is 336 g/mol. The first-order chi connectivity index (χ1) is 11.7. The quantitative estimate of drug-likeness (QED) is 0.859. The summed E-state index contributed by atoms with van der Waals surface area (Å²) in [6.07, 6.45) is 1.97. The van der Waals surface area contributed by atoms with Gasteiger partial charge in [0.25, 0.3) is 5.91 Å². The van der Waals surface area contributed by atoms with Crippen LogP contribution in [-0.2, 0) is 6.54 Å². The molecule has 1 fully saturated rings. The minimum atomic E-state index is -0.538. The Hall–Kier alpha value is -1.88. The van der Waals surface area contributed by atoms with Crippen molar-refractivity contribution in [2.75, 3.05) is 6.54 Å². The molecule has 1 amide bonds. The Morgan fingerprint density at radius 2 is 1.84 bits per heavy atom. The van der Waals surface area contributed by atoms with Gasteiger partial charge < -0.3 is 15.7 Å². The van der Waals surface area contributed by atoms with Crippen molar-refractivity contribution in [3.8, 4) is 0 Å². The minimum Gasteiger partial charge on any atom is -0.388 e. The number of hydrogen-bond donors (Lipinski definition) is 2. The maximum atomic E-state index is 12.8. The maximum Gasteiger partial charge on any atom is 0.254 e. The first kappa shape index (κ1) is 19.4. The van der Waals surface area contributed by atoms with Crippen LogP contribution in [0.25, 0.3) is 0 Å². The number of nitrogens with zero attached hydrogens (tertiary/aromatic N) is 1. The molecule has 0 radical (unpaired) electrons. The van der Waals surface area contributed by atoms with E-state index in [0.29, 0.717) is 18.5 Å². The van der Waals surface area contributed by atoms with Gasteiger partial charge in [0.2, 0.25) is 0 Å². The predicted molar refractivity (Wildman–Crippen MR) is 102 cm³/mol. The first-order valence-corrected chi connectivity index (χ1v) is 8.52. The topological polar surface area (TPSA) is 66.6 Å². The van der Waals surface area contributed by atoms with Crippen LogP contribution >= 0.6 is 12.4 Å². The van der Waals surface area contributed by atoms with E-state index in [1.54, 1.807) is 0 Å². The van der Waals surface area contributed by atoms with Crippen molar-refractivity contribution >= 4 is 18.3 Å². The van der Waals surface area contributed by atoms with Crippen molar-refractivity contribution in [2.45, 2.75) is 38.0 Å². The zero-order valence-corrected chi connectivity index (χ0v) is 15.0. The number of hydrogen-bond acceptors (Lipinski definition) is 3. The molecule has 0 aromatic heterocycles. The van der Waals surface area contributed by atoms with Crippen LogP contribution in [0.15, 0.2) is 54.6 Å². The fraction of sp³-hybridized carbons (Fsp3) is 0.350. The minimum absolute atomic E-state index is 0. The lowest BCUT2D eigenvalue weighted by atomic mass is 10.00. The van der Waals surface area contributed by atoms with Crippen LogP contribution < -0.4 is 5.73 Å². The number of rotatable bonds is 5. The Kier molecular flexibility index (Phi) is 7.00. The largest absolute Gasteiger partial charge is 0.388 e. The van der Waals surface area contributed by atoms with Crippen LogP contribution in [0.2, 0.25) is 0 Å². The average molecular weight is 361 g/mol. The fourth-order valence-corrected chi connectivity index (χ4v) is 3.37. The molecule has 2 atom stereocenters. The number of aliphatic hydroxyl groups excluding tert-OH is 1. The van der Waals surface area contributed by atoms with Gasteiger partial charge in [-0.25, -0.2) is 0 Å². The summed E-state index contributed by atoms with van der Waals surface area (Å²) in [4.78, 5) is 14.7. The number of carbonyl (C=O) groups excluding carboxylic acids is 1. The van der Waals surface area contributed by atoms with E-state index in [1.165, 1.54) is 0 Å². The number of halogens is 1. The van der Waals surface area contributed by atoms with Gasteiger partial charge >= 0.3 is 0 Å². The molecule has 3 rings (SSSR count). The van der Waals surface area contributed by atoms with E-state index in [9.17, 15) is 9.90 Å². The number of carbonyl (C=O) groups is 1. The summed E-state index contributed by atoms with van der Waals surface area (Å²) in [5, 5.41) is 10.5. The molecular formula is C20H25ClN2O2. The number of nitrogens with two attached hydrogens (primary N) is 1. The smallest absolute Gasteiger partial charge is 0.254 e. The predicted octanol–water partition coefficient (Wildman–Crippen LogP) is 3.30. The van der Waals surface area contributed by atoms with E-state index in [0.717, 1.165) is 30.5 Å². The standard InChI is InChI=1S/C20H24N2O2.ClH/c21-14-15-8-10-17(11-9-15)20(24)22-12-4-7-18(22)13-19(23)16-5-2-1-3-6-16;/h1-3,5-6,8-11,18-19,23H,4,7,12-14,21H2;1H. The Balaban J connectivity index is 0.00000225. The van der Waals surface area contributed by atoms with Crippen molar-refractivity contribution in [3.05, 3.63) is 71.3 Å². The molecule has 5 heteroatoms. The number of aliphatic hydroxyl groups is 1. The van der Waals surface area contributed by atoms with E-state index < -0.39 is 6.10 Å². The Labute approximate surface area is 155 Å². The molecule has 3 N–H and O–H groups in total. The van der Waals surface area contributed by atoms with Gasteiger partial charge in [0.15, 0.2) is 0 Å². The van der Waals surface area contributed by atoms with Crippen LogP contribution in [0.3, 0.4) is 0 Å². The van der Waals surface area contributed by atoms with Crippen LogP contribution in [0, 0.1) is 0 Å². The number of benzene rings is 2. The zero-order valence-electron chi connectivity index (χ0n) is 14.2. The Morgan fingerprint density at radius 3 is 2.48 bits per heavy atom. The SMILES string of the molecule is Cl.NCc1ccc(C(=O)N2CCCC2CC(O)c2ccccc2)cc1. The second-order valence-corrected chi connectivity index (χ2v) is 6.36. The molecule has 134 valence electrons. The number of likely N-dealkylation sites (tertiary alicyclic amines) is 1. The molecule has 2 aromatic rings. The highest BCUT2D eigenvalue weighted by Crippen LogP contribution is 2.28. The molecule has 25 heavy (non-hydrogen) atoms. The highest BCUT2D eigenvalue weighted by atomic mass is 35.5. The van der Waals surface area contributed by atoms with Gasteiger partial charge in [-0.05, 0) is 42.5 Å². The lowest BCUT2D eigenvalue weighted by molar-refractivity contribution is 0.0667. The molecule has 0 aliphatic carbocycles. The average Bonchev–Trinajstić information content (AvgIpc) is 3.10. The molecule has 2 unspecified atom stereocenters. The fourth-order valence-electron chi connectivity index (χ4n) is 3.37. The lowest BCUT2D eigenvalue weighted by Gasteiger charge is -2.27. The highest BCUT2D eigenvalue weighted by Gasteiger charge is 2.31. The molecule has 0 saturated carbocycles. The molecule has 2 aromatic carbocycles. The van der Waals surface area contributed by atoms with Gasteiger partial charge in [-0.2, -0.15) is 0 Å². The summed E-state index contributed by atoms with van der Waals surface area (Å²) >= 11 is 0. The number of amides is 1. The molecule has 1 aliphatic rings. The van der Waals surface area contributed by atoms with Gasteiger partial charge in [0, 0.05) is 24.7 Å². The third kappa shape index (κ3) is 4.60. The van der Waals surface area contributed by atoms with E-state index in [1.807, 2.05) is 59.5 Å². The van der Waals surface area contributed by atoms with E-state index in [-0.39, 0.29) is 24.4 Å². The highest BCUT2D eigenvalue weighted by molar-refractivity contribution is 5.94. The monoisotopic (exact) mass is 360 g/mol. The second kappa shape index (κ2) is 8.99. The van der Waals surface area contributed by atoms with Crippen molar-refractivity contribution < 1.29 is 9.90 Å². The summed E-state index contributed by atoms with van der Waals surface area (Å²) in [5.74, 6) is 0.0429. The molecule has 0 bridgehead atoms. The van der Waals surface area contributed by atoms with Crippen molar-refractivity contribution in [1.82, 2.24) is 4.90 Å². The third-order valence-corrected chi connectivity index (χ3v) is 4.75. The van der Waals surface area contributed by atoms with E-state index >= 15 is 0 Å². The molecule has 4 nitrogen and oxygen atoms in total. The summed E-state index contributed by atoms with van der Waals surface area (Å²) in [6.45, 7) is 1.23. The Bertz CT molecular complexity index is 676. The summed E-state index contributed by atoms with van der Waals surface area (Å²) in [6, 6.07) is 17.2. The summed E-state index contributed by atoms with van der Waals surface area (Å²) in [5.41, 5.74) is 8.22. The summed E-state index contributed by atoms with van der Waals surface area (Å²) < 4.78 is 0. The molecule has 1 heterocycles. The lowest BCUT2D eigenvalue weighted by Crippen LogP contribution is -2.36. The zero-order chi connectivity index (χ0) is 16.9. The van der Waals surface area contributed by atoms with E-state index in [4.69, 9.17) is 5.73 Å². The van der Waals surface area contributed by atoms with Crippen LogP contribution in [-0.4, -0.2) is 28.5 Å². The van der Waals surface area contributed by atoms with Gasteiger partial charge in [-0.3, -0.25) is 4.79 Å². The van der Waals surface area contributed by atoms with Crippen molar-refractivity contribution in [2.24, 2.45) is 5.73 Å². The molecule has 1 saturated heterocycles. The second-order valence-electron chi connectivity index (χ2n) is 6.36. The van der Waals surface area contributed by atoms with Crippen molar-refractivity contribution in [3.63, 3.8) is 0 Å². The van der Waals surface area contributed by atoms with Gasteiger partial charge in [-0.1, -0.05) is 42.5 Å². The normalized spacial score (nSPS) is 17.8. The van der Waals surface area contributed by atoms with Crippen LogP contribution in [0.5, 0.6) is 0 Å². The van der Waals surface area contributed by atoms with E-state index in [2.05, 4.69) is 0 Å². The first-order valence-electron chi connectivity index (χ1n) is 8.52. The van der Waals surface area contributed by atoms with Gasteiger partial charge in [-0.15, -0.1) is 12.4 Å². The van der Waals surface area contributed by atoms with Crippen LogP contribution in [0.1, 0.15) is 46.9 Å². The van der Waals surface area contributed by atoms with Crippen LogP contribution in [0.4, 0.5) is 0 Å². The molecule has 0 spiro atoms. The summed E-state index contributed by atoms with van der Waals surface area (Å²) in [7, 11) is 0.